The number of nitrogens with one attached hydrogen (secondary N) is 1. The molecule has 0 bridgehead atoms. The van der Waals surface area contributed by atoms with E-state index in [1.165, 1.54) is 19.4 Å². The molecule has 1 amide bonds. The fourth-order valence-corrected chi connectivity index (χ4v) is 3.59. The van der Waals surface area contributed by atoms with E-state index < -0.39 is 67.0 Å². The Bertz CT molecular complexity index is 1260. The van der Waals surface area contributed by atoms with E-state index in [4.69, 9.17) is 28.4 Å². The summed E-state index contributed by atoms with van der Waals surface area (Å²) in [5.74, 6) is -5.19. The minimum Gasteiger partial charge on any atom is -0.493 e. The zero-order chi connectivity index (χ0) is 32.6. The summed E-state index contributed by atoms with van der Waals surface area (Å²) in [7, 11) is 1.34. The zero-order valence-corrected chi connectivity index (χ0v) is 25.8. The van der Waals surface area contributed by atoms with E-state index in [1.807, 2.05) is 30.3 Å². The number of benzene rings is 1. The maximum atomic E-state index is 13.3. The van der Waals surface area contributed by atoms with Crippen LogP contribution in [0.25, 0.3) is 0 Å². The van der Waals surface area contributed by atoms with Gasteiger partial charge in [-0.25, -0.2) is 9.78 Å². The van der Waals surface area contributed by atoms with Crippen molar-refractivity contribution in [3.8, 4) is 11.5 Å². The Morgan fingerprint density at radius 3 is 2.05 bits per heavy atom. The predicted molar refractivity (Wildman–Crippen MR) is 155 cm³/mol. The second-order valence-electron chi connectivity index (χ2n) is 10.2. The Kier molecular flexibility index (Phi) is 14.6. The summed E-state index contributed by atoms with van der Waals surface area (Å²) in [6.07, 6.45) is 1.49. The summed E-state index contributed by atoms with van der Waals surface area (Å²) in [6.45, 7) is 6.87. The van der Waals surface area contributed by atoms with Crippen molar-refractivity contribution in [1.82, 2.24) is 10.3 Å². The van der Waals surface area contributed by atoms with Gasteiger partial charge in [0, 0.05) is 12.3 Å². The monoisotopic (exact) mass is 616 g/mol. The standard InChI is InChI=1S/C31H40N2O11/c1-7-40-31(38)23(17-42-30(37)22(16-41-28(35)19(2)3)15-21-11-9-8-10-12-21)33-27(34)25-26(24(39-6)13-14-32-25)43-18-44-29(36)20(4)5/h8-14,19-20,22-23H,7,15-18H2,1-6H3,(H,33,34). The molecule has 13 nitrogen and oxygen atoms in total. The third-order valence-corrected chi connectivity index (χ3v) is 6.00. The van der Waals surface area contributed by atoms with Crippen LogP contribution in [0.5, 0.6) is 11.5 Å². The van der Waals surface area contributed by atoms with Crippen molar-refractivity contribution in [2.24, 2.45) is 17.8 Å². The molecule has 13 heteroatoms. The summed E-state index contributed by atoms with van der Waals surface area (Å²) >= 11 is 0. The van der Waals surface area contributed by atoms with Gasteiger partial charge in [0.2, 0.25) is 6.79 Å². The molecule has 2 atom stereocenters. The number of carbonyl (C=O) groups is 5. The lowest BCUT2D eigenvalue weighted by Crippen LogP contribution is -2.46. The number of nitrogens with zero attached hydrogens (tertiary/aromatic N) is 1. The summed E-state index contributed by atoms with van der Waals surface area (Å²) < 4.78 is 31.6. The second kappa shape index (κ2) is 18.1. The van der Waals surface area contributed by atoms with E-state index in [-0.39, 0.29) is 36.8 Å². The zero-order valence-electron chi connectivity index (χ0n) is 25.8. The largest absolute Gasteiger partial charge is 0.493 e. The Morgan fingerprint density at radius 2 is 1.43 bits per heavy atom. The van der Waals surface area contributed by atoms with Gasteiger partial charge in [-0.15, -0.1) is 0 Å². The first-order chi connectivity index (χ1) is 21.0. The highest BCUT2D eigenvalue weighted by molar-refractivity contribution is 5.98. The average molecular weight is 617 g/mol. The first-order valence-electron chi connectivity index (χ1n) is 14.1. The van der Waals surface area contributed by atoms with Crippen molar-refractivity contribution >= 4 is 29.8 Å². The molecule has 0 saturated heterocycles. The molecule has 1 aromatic carbocycles. The van der Waals surface area contributed by atoms with Crippen LogP contribution in [0.4, 0.5) is 0 Å². The molecule has 1 N–H and O–H groups in total. The van der Waals surface area contributed by atoms with Gasteiger partial charge in [0.05, 0.1) is 31.5 Å². The molecule has 0 radical (unpaired) electrons. The lowest BCUT2D eigenvalue weighted by Gasteiger charge is -2.21. The van der Waals surface area contributed by atoms with E-state index >= 15 is 0 Å². The molecule has 2 rings (SSSR count). The van der Waals surface area contributed by atoms with Gasteiger partial charge in [-0.2, -0.15) is 0 Å². The van der Waals surface area contributed by atoms with Crippen LogP contribution >= 0.6 is 0 Å². The van der Waals surface area contributed by atoms with Crippen molar-refractivity contribution in [1.29, 1.82) is 0 Å². The van der Waals surface area contributed by atoms with E-state index in [2.05, 4.69) is 10.3 Å². The normalized spacial score (nSPS) is 12.1. The van der Waals surface area contributed by atoms with Crippen LogP contribution in [0.1, 0.15) is 50.7 Å². The number of rotatable bonds is 17. The van der Waals surface area contributed by atoms with Crippen molar-refractivity contribution in [3.05, 3.63) is 53.9 Å². The maximum Gasteiger partial charge on any atom is 0.332 e. The first kappa shape index (κ1) is 35.5. The minimum atomic E-state index is -1.43. The number of methoxy groups -OCH3 is 1. The van der Waals surface area contributed by atoms with Crippen molar-refractivity contribution in [2.75, 3.05) is 33.7 Å². The van der Waals surface area contributed by atoms with Crippen LogP contribution in [-0.2, 0) is 44.5 Å². The Hall–Kier alpha value is -4.68. The number of hydrogen-bond acceptors (Lipinski definition) is 12. The van der Waals surface area contributed by atoms with Gasteiger partial charge in [0.25, 0.3) is 5.91 Å². The molecule has 44 heavy (non-hydrogen) atoms. The fraction of sp³-hybridized carbons (Fsp3) is 0.484. The molecule has 2 aromatic rings. The fourth-order valence-electron chi connectivity index (χ4n) is 3.59. The average Bonchev–Trinajstić information content (AvgIpc) is 3.01. The third-order valence-electron chi connectivity index (χ3n) is 6.00. The summed E-state index contributed by atoms with van der Waals surface area (Å²) in [5.41, 5.74) is 0.522. The minimum absolute atomic E-state index is 0.00603. The first-order valence-corrected chi connectivity index (χ1v) is 14.1. The summed E-state index contributed by atoms with van der Waals surface area (Å²) in [5, 5.41) is 2.45. The Labute approximate surface area is 256 Å². The van der Waals surface area contributed by atoms with Gasteiger partial charge in [-0.1, -0.05) is 58.0 Å². The van der Waals surface area contributed by atoms with Crippen molar-refractivity contribution < 1.29 is 52.4 Å². The van der Waals surface area contributed by atoms with Gasteiger partial charge >= 0.3 is 23.9 Å². The van der Waals surface area contributed by atoms with Gasteiger partial charge < -0.3 is 33.7 Å². The molecule has 1 heterocycles. The molecule has 240 valence electrons. The van der Waals surface area contributed by atoms with Crippen LogP contribution in [0.2, 0.25) is 0 Å². The van der Waals surface area contributed by atoms with Crippen LogP contribution in [0.15, 0.2) is 42.6 Å². The van der Waals surface area contributed by atoms with E-state index in [0.29, 0.717) is 0 Å². The quantitative estimate of drug-likeness (QED) is 0.157. The van der Waals surface area contributed by atoms with E-state index in [0.717, 1.165) is 5.56 Å². The van der Waals surface area contributed by atoms with Crippen LogP contribution in [-0.4, -0.2) is 74.5 Å². The molecular formula is C31H40N2O11. The Morgan fingerprint density at radius 1 is 0.795 bits per heavy atom. The number of carbonyl (C=O) groups excluding carboxylic acids is 5. The van der Waals surface area contributed by atoms with Crippen LogP contribution < -0.4 is 14.8 Å². The van der Waals surface area contributed by atoms with E-state index in [1.54, 1.807) is 34.6 Å². The van der Waals surface area contributed by atoms with Crippen LogP contribution in [0, 0.1) is 17.8 Å². The third kappa shape index (κ3) is 11.2. The lowest BCUT2D eigenvalue weighted by atomic mass is 10.00. The van der Waals surface area contributed by atoms with Gasteiger partial charge in [0.1, 0.15) is 13.2 Å². The molecule has 0 saturated carbocycles. The highest BCUT2D eigenvalue weighted by Gasteiger charge is 2.30. The lowest BCUT2D eigenvalue weighted by molar-refractivity contribution is -0.159. The molecule has 0 aliphatic rings. The van der Waals surface area contributed by atoms with Gasteiger partial charge in [-0.05, 0) is 18.9 Å². The molecule has 2 unspecified atom stereocenters. The number of amides is 1. The van der Waals surface area contributed by atoms with Gasteiger partial charge in [0.15, 0.2) is 23.2 Å². The smallest absolute Gasteiger partial charge is 0.332 e. The highest BCUT2D eigenvalue weighted by Crippen LogP contribution is 2.29. The van der Waals surface area contributed by atoms with E-state index in [9.17, 15) is 24.0 Å². The maximum absolute atomic E-state index is 13.3. The molecule has 0 spiro atoms. The number of pyridine rings is 1. The SMILES string of the molecule is CCOC(=O)C(COC(=O)C(COC(=O)C(C)C)Cc1ccccc1)NC(=O)c1nccc(OC)c1OCOC(=O)C(C)C. The van der Waals surface area contributed by atoms with Crippen LogP contribution in [0.3, 0.4) is 0 Å². The second-order valence-corrected chi connectivity index (χ2v) is 10.2. The van der Waals surface area contributed by atoms with Crippen molar-refractivity contribution in [3.63, 3.8) is 0 Å². The topological polar surface area (TPSA) is 166 Å². The number of hydrogen-bond donors (Lipinski definition) is 1. The summed E-state index contributed by atoms with van der Waals surface area (Å²) in [6, 6.07) is 9.08. The molecule has 1 aromatic heterocycles. The molecule has 0 fully saturated rings. The van der Waals surface area contributed by atoms with Crippen molar-refractivity contribution in [2.45, 2.75) is 47.1 Å². The number of ether oxygens (including phenoxy) is 6. The molecule has 0 aliphatic heterocycles. The molecule has 0 aliphatic carbocycles. The predicted octanol–water partition coefficient (Wildman–Crippen LogP) is 2.89. The Balaban J connectivity index is 2.21. The highest BCUT2D eigenvalue weighted by atomic mass is 16.7. The number of esters is 4. The van der Waals surface area contributed by atoms with Gasteiger partial charge in [-0.3, -0.25) is 19.2 Å². The number of aromatic nitrogens is 1. The molecular weight excluding hydrogens is 576 g/mol. The summed E-state index contributed by atoms with van der Waals surface area (Å²) in [4.78, 5) is 67.2.